The topological polar surface area (TPSA) is 52.5 Å². The van der Waals surface area contributed by atoms with Gasteiger partial charge in [0.1, 0.15) is 5.82 Å². The molecule has 1 aliphatic heterocycles. The van der Waals surface area contributed by atoms with Crippen molar-refractivity contribution in [2.75, 3.05) is 13.2 Å². The van der Waals surface area contributed by atoms with Crippen LogP contribution >= 0.6 is 0 Å². The lowest BCUT2D eigenvalue weighted by molar-refractivity contribution is 0.0779. The van der Waals surface area contributed by atoms with Gasteiger partial charge in [0.25, 0.3) is 0 Å². The van der Waals surface area contributed by atoms with Crippen molar-refractivity contribution in [2.24, 2.45) is 5.73 Å². The van der Waals surface area contributed by atoms with Crippen LogP contribution in [-0.2, 0) is 11.3 Å². The monoisotopic (exact) mass is 231 g/mol. The van der Waals surface area contributed by atoms with Crippen LogP contribution < -0.4 is 5.73 Å². The number of hydrogen-bond donors (Lipinski definition) is 1. The smallest absolute Gasteiger partial charge is 0.118 e. The molecule has 0 aliphatic carbocycles. The summed E-state index contributed by atoms with van der Waals surface area (Å²) in [6.45, 7) is 2.25. The van der Waals surface area contributed by atoms with Gasteiger partial charge in [0.2, 0.25) is 0 Å². The number of aromatic nitrogens is 2. The fraction of sp³-hybridized carbons (Fsp3) is 0.462. The van der Waals surface area contributed by atoms with Gasteiger partial charge in [-0.25, -0.2) is 4.98 Å². The maximum absolute atomic E-state index is 5.64. The summed E-state index contributed by atoms with van der Waals surface area (Å²) in [6.07, 6.45) is 6.27. The molecule has 2 N–H and O–H groups in total. The Morgan fingerprint density at radius 3 is 3.24 bits per heavy atom. The molecule has 1 aliphatic rings. The predicted octanol–water partition coefficient (Wildman–Crippen LogP) is 1.69. The van der Waals surface area contributed by atoms with Crippen molar-refractivity contribution in [3.05, 3.63) is 35.9 Å². The molecule has 0 amide bonds. The number of rotatable bonds is 2. The zero-order chi connectivity index (χ0) is 11.7. The van der Waals surface area contributed by atoms with Gasteiger partial charge in [-0.05, 0) is 30.5 Å². The van der Waals surface area contributed by atoms with Crippen LogP contribution in [0.2, 0.25) is 0 Å². The summed E-state index contributed by atoms with van der Waals surface area (Å²) in [6, 6.07) is 4.15. The van der Waals surface area contributed by atoms with Crippen LogP contribution in [0.25, 0.3) is 5.52 Å². The first-order chi connectivity index (χ1) is 8.38. The van der Waals surface area contributed by atoms with Gasteiger partial charge in [-0.3, -0.25) is 0 Å². The van der Waals surface area contributed by atoms with Gasteiger partial charge >= 0.3 is 0 Å². The second-order valence-corrected chi connectivity index (χ2v) is 4.56. The van der Waals surface area contributed by atoms with E-state index >= 15 is 0 Å². The first-order valence-corrected chi connectivity index (χ1v) is 6.12. The molecule has 17 heavy (non-hydrogen) atoms. The number of ether oxygens (including phenoxy) is 1. The molecule has 1 unspecified atom stereocenters. The Hall–Kier alpha value is -1.39. The van der Waals surface area contributed by atoms with E-state index in [4.69, 9.17) is 10.5 Å². The normalized spacial score (nSPS) is 20.9. The zero-order valence-electron chi connectivity index (χ0n) is 9.80. The lowest BCUT2D eigenvalue weighted by Gasteiger charge is -2.21. The van der Waals surface area contributed by atoms with Crippen LogP contribution in [0.5, 0.6) is 0 Å². The number of imidazole rings is 1. The number of nitrogens with two attached hydrogens (primary N) is 1. The van der Waals surface area contributed by atoms with Crippen LogP contribution in [0.3, 0.4) is 0 Å². The van der Waals surface area contributed by atoms with Crippen LogP contribution in [0.4, 0.5) is 0 Å². The summed E-state index contributed by atoms with van der Waals surface area (Å²) >= 11 is 0. The van der Waals surface area contributed by atoms with Crippen molar-refractivity contribution >= 4 is 5.52 Å². The predicted molar refractivity (Wildman–Crippen MR) is 65.9 cm³/mol. The largest absolute Gasteiger partial charge is 0.381 e. The minimum atomic E-state index is 0.426. The molecule has 1 fully saturated rings. The standard InChI is InChI=1S/C13H17N3O/c14-7-10-3-4-16-12(6-10)8-15-13(16)11-2-1-5-17-9-11/h3-4,6,8,11H,1-2,5,7,9,14H2. The third-order valence-corrected chi connectivity index (χ3v) is 3.39. The third-order valence-electron chi connectivity index (χ3n) is 3.39. The van der Waals surface area contributed by atoms with Crippen LogP contribution in [0.15, 0.2) is 24.5 Å². The Balaban J connectivity index is 1.99. The lowest BCUT2D eigenvalue weighted by atomic mass is 10.0. The highest BCUT2D eigenvalue weighted by molar-refractivity contribution is 5.48. The Morgan fingerprint density at radius 1 is 1.53 bits per heavy atom. The third kappa shape index (κ3) is 1.94. The van der Waals surface area contributed by atoms with Gasteiger partial charge in [-0.1, -0.05) is 0 Å². The first-order valence-electron chi connectivity index (χ1n) is 6.12. The summed E-state index contributed by atoms with van der Waals surface area (Å²) in [5.41, 5.74) is 7.90. The minimum Gasteiger partial charge on any atom is -0.381 e. The fourth-order valence-electron chi connectivity index (χ4n) is 2.44. The maximum Gasteiger partial charge on any atom is 0.118 e. The zero-order valence-corrected chi connectivity index (χ0v) is 9.80. The molecule has 1 saturated heterocycles. The van der Waals surface area contributed by atoms with Crippen molar-refractivity contribution in [1.82, 2.24) is 9.38 Å². The molecule has 2 aromatic rings. The van der Waals surface area contributed by atoms with Crippen molar-refractivity contribution < 1.29 is 4.74 Å². The molecule has 0 bridgehead atoms. The molecule has 0 radical (unpaired) electrons. The lowest BCUT2D eigenvalue weighted by Crippen LogP contribution is -2.17. The summed E-state index contributed by atoms with van der Waals surface area (Å²) in [5, 5.41) is 0. The molecule has 0 spiro atoms. The molecule has 3 rings (SSSR count). The molecule has 4 nitrogen and oxygen atoms in total. The van der Waals surface area contributed by atoms with Crippen molar-refractivity contribution in [3.8, 4) is 0 Å². The minimum absolute atomic E-state index is 0.426. The van der Waals surface area contributed by atoms with Crippen LogP contribution in [-0.4, -0.2) is 22.6 Å². The summed E-state index contributed by atoms with van der Waals surface area (Å²) in [7, 11) is 0. The number of nitrogens with zero attached hydrogens (tertiary/aromatic N) is 2. The van der Waals surface area contributed by atoms with Gasteiger partial charge in [0.15, 0.2) is 0 Å². The highest BCUT2D eigenvalue weighted by Crippen LogP contribution is 2.25. The Bertz CT molecular complexity index is 514. The molecule has 1 atom stereocenters. The SMILES string of the molecule is NCc1ccn2c(C3CCCOC3)ncc2c1. The van der Waals surface area contributed by atoms with E-state index in [-0.39, 0.29) is 0 Å². The molecule has 2 aromatic heterocycles. The van der Waals surface area contributed by atoms with Gasteiger partial charge in [0, 0.05) is 25.3 Å². The molecule has 3 heterocycles. The number of hydrogen-bond acceptors (Lipinski definition) is 3. The van der Waals surface area contributed by atoms with E-state index in [1.807, 2.05) is 6.20 Å². The van der Waals surface area contributed by atoms with Crippen molar-refractivity contribution in [2.45, 2.75) is 25.3 Å². The van der Waals surface area contributed by atoms with Crippen molar-refractivity contribution in [1.29, 1.82) is 0 Å². The Kier molecular flexibility index (Phi) is 2.82. The summed E-state index contributed by atoms with van der Waals surface area (Å²) in [5.74, 6) is 1.54. The van der Waals surface area contributed by atoms with Gasteiger partial charge in [-0.2, -0.15) is 0 Å². The second kappa shape index (κ2) is 4.47. The van der Waals surface area contributed by atoms with E-state index in [0.29, 0.717) is 12.5 Å². The van der Waals surface area contributed by atoms with Gasteiger partial charge in [-0.15, -0.1) is 0 Å². The Morgan fingerprint density at radius 2 is 2.47 bits per heavy atom. The van der Waals surface area contributed by atoms with Crippen molar-refractivity contribution in [3.63, 3.8) is 0 Å². The van der Waals surface area contributed by atoms with E-state index in [1.165, 1.54) is 0 Å². The molecule has 0 saturated carbocycles. The van der Waals surface area contributed by atoms with Gasteiger partial charge < -0.3 is 14.9 Å². The average Bonchev–Trinajstić information content (AvgIpc) is 2.82. The van der Waals surface area contributed by atoms with E-state index in [0.717, 1.165) is 43.0 Å². The Labute approximate surface area is 100 Å². The quantitative estimate of drug-likeness (QED) is 0.855. The molecule has 0 aromatic carbocycles. The molecule has 4 heteroatoms. The van der Waals surface area contributed by atoms with Crippen LogP contribution in [0, 0.1) is 0 Å². The fourth-order valence-corrected chi connectivity index (χ4v) is 2.44. The van der Waals surface area contributed by atoms with Gasteiger partial charge in [0.05, 0.1) is 18.3 Å². The van der Waals surface area contributed by atoms with E-state index < -0.39 is 0 Å². The highest BCUT2D eigenvalue weighted by Gasteiger charge is 2.20. The molecular formula is C13H17N3O. The van der Waals surface area contributed by atoms with Crippen LogP contribution in [0.1, 0.15) is 30.1 Å². The van der Waals surface area contributed by atoms with E-state index in [1.54, 1.807) is 0 Å². The molecular weight excluding hydrogens is 214 g/mol. The maximum atomic E-state index is 5.64. The second-order valence-electron chi connectivity index (χ2n) is 4.56. The first kappa shape index (κ1) is 10.7. The number of fused-ring (bicyclic) bond motifs is 1. The molecule has 90 valence electrons. The van der Waals surface area contributed by atoms with E-state index in [2.05, 4.69) is 27.7 Å². The summed E-state index contributed by atoms with van der Waals surface area (Å²) < 4.78 is 7.68. The highest BCUT2D eigenvalue weighted by atomic mass is 16.5. The number of pyridine rings is 1. The summed E-state index contributed by atoms with van der Waals surface area (Å²) in [4.78, 5) is 4.54. The average molecular weight is 231 g/mol. The van der Waals surface area contributed by atoms with E-state index in [9.17, 15) is 0 Å².